The second-order valence-corrected chi connectivity index (χ2v) is 6.27. The molecule has 92 valence electrons. The molecular weight excluding hydrogens is 232 g/mol. The van der Waals surface area contributed by atoms with Crippen LogP contribution < -0.4 is 0 Å². The third-order valence-electron chi connectivity index (χ3n) is 4.03. The minimum Gasteiger partial charge on any atom is -0.281 e. The van der Waals surface area contributed by atoms with E-state index in [2.05, 4.69) is 52.0 Å². The molecule has 0 spiro atoms. The number of benzene rings is 1. The Morgan fingerprint density at radius 3 is 2.12 bits per heavy atom. The van der Waals surface area contributed by atoms with Gasteiger partial charge in [0.25, 0.3) is 0 Å². The van der Waals surface area contributed by atoms with Crippen LogP contribution in [0.25, 0.3) is 0 Å². The van der Waals surface area contributed by atoms with Crippen molar-refractivity contribution in [2.45, 2.75) is 39.5 Å². The predicted molar refractivity (Wildman–Crippen MR) is 71.4 cm³/mol. The van der Waals surface area contributed by atoms with Gasteiger partial charge in [-0.25, -0.2) is 0 Å². The second-order valence-electron chi connectivity index (χ2n) is 5.90. The van der Waals surface area contributed by atoms with Crippen LogP contribution in [-0.2, 0) is 4.79 Å². The van der Waals surface area contributed by atoms with Crippen molar-refractivity contribution in [3.05, 3.63) is 35.4 Å². The highest BCUT2D eigenvalue weighted by Gasteiger charge is 2.61. The van der Waals surface area contributed by atoms with Gasteiger partial charge < -0.3 is 0 Å². The van der Waals surface area contributed by atoms with E-state index in [1.165, 1.54) is 11.1 Å². The summed E-state index contributed by atoms with van der Waals surface area (Å²) in [5.41, 5.74) is 2.58. The molecule has 17 heavy (non-hydrogen) atoms. The van der Waals surface area contributed by atoms with Gasteiger partial charge in [-0.2, -0.15) is 0 Å². The molecular formula is C15H19ClO. The molecule has 0 aromatic heterocycles. The van der Waals surface area contributed by atoms with Crippen LogP contribution in [0.4, 0.5) is 0 Å². The summed E-state index contributed by atoms with van der Waals surface area (Å²) in [4.78, 5) is 11.3. The van der Waals surface area contributed by atoms with E-state index in [0.717, 1.165) is 0 Å². The first-order valence-corrected chi connectivity index (χ1v) is 6.52. The van der Waals surface area contributed by atoms with E-state index in [-0.39, 0.29) is 22.5 Å². The zero-order chi connectivity index (χ0) is 12.8. The maximum Gasteiger partial charge on any atom is 0.225 e. The molecule has 0 amide bonds. The molecule has 1 aromatic rings. The van der Waals surface area contributed by atoms with Crippen molar-refractivity contribution in [3.8, 4) is 0 Å². The summed E-state index contributed by atoms with van der Waals surface area (Å²) in [6.07, 6.45) is 0. The van der Waals surface area contributed by atoms with Gasteiger partial charge in [-0.15, -0.1) is 0 Å². The van der Waals surface area contributed by atoms with Crippen molar-refractivity contribution in [1.82, 2.24) is 0 Å². The summed E-state index contributed by atoms with van der Waals surface area (Å²) in [5.74, 6) is 0.810. The summed E-state index contributed by atoms with van der Waals surface area (Å²) in [6, 6.07) is 8.59. The fraction of sp³-hybridized carbons (Fsp3) is 0.533. The van der Waals surface area contributed by atoms with Crippen LogP contribution in [0.1, 0.15) is 50.7 Å². The Morgan fingerprint density at radius 2 is 1.76 bits per heavy atom. The molecule has 1 saturated carbocycles. The van der Waals surface area contributed by atoms with Crippen molar-refractivity contribution >= 4 is 16.8 Å². The van der Waals surface area contributed by atoms with E-state index in [9.17, 15) is 4.79 Å². The van der Waals surface area contributed by atoms with Gasteiger partial charge in [-0.1, -0.05) is 52.0 Å². The number of hydrogen-bond acceptors (Lipinski definition) is 1. The van der Waals surface area contributed by atoms with Gasteiger partial charge in [0, 0.05) is 11.8 Å². The highest BCUT2D eigenvalue weighted by atomic mass is 35.5. The van der Waals surface area contributed by atoms with Gasteiger partial charge in [0.2, 0.25) is 5.24 Å². The van der Waals surface area contributed by atoms with Gasteiger partial charge in [0.1, 0.15) is 0 Å². The van der Waals surface area contributed by atoms with Crippen molar-refractivity contribution in [2.24, 2.45) is 11.3 Å². The lowest BCUT2D eigenvalue weighted by atomic mass is 9.98. The van der Waals surface area contributed by atoms with Crippen LogP contribution in [-0.4, -0.2) is 5.24 Å². The van der Waals surface area contributed by atoms with Crippen LogP contribution in [0, 0.1) is 11.3 Å². The minimum atomic E-state index is -0.201. The Morgan fingerprint density at radius 1 is 1.24 bits per heavy atom. The normalized spacial score (nSPS) is 26.0. The largest absolute Gasteiger partial charge is 0.281 e. The lowest BCUT2D eigenvalue weighted by Crippen LogP contribution is -1.96. The molecule has 0 radical (unpaired) electrons. The number of hydrogen-bond donors (Lipinski definition) is 0. The van der Waals surface area contributed by atoms with E-state index >= 15 is 0 Å². The molecule has 0 aliphatic heterocycles. The summed E-state index contributed by atoms with van der Waals surface area (Å²) in [6.45, 7) is 8.58. The third kappa shape index (κ3) is 2.13. The summed E-state index contributed by atoms with van der Waals surface area (Å²) < 4.78 is 0. The first kappa shape index (κ1) is 12.6. The molecule has 0 heterocycles. The van der Waals surface area contributed by atoms with Gasteiger partial charge in [0.15, 0.2) is 0 Å². The van der Waals surface area contributed by atoms with E-state index < -0.39 is 0 Å². The number of rotatable bonds is 3. The van der Waals surface area contributed by atoms with Gasteiger partial charge in [-0.05, 0) is 34.1 Å². The molecule has 0 saturated heterocycles. The van der Waals surface area contributed by atoms with Crippen LogP contribution in [0.2, 0.25) is 0 Å². The van der Waals surface area contributed by atoms with Gasteiger partial charge >= 0.3 is 0 Å². The minimum absolute atomic E-state index is 0.0121. The summed E-state index contributed by atoms with van der Waals surface area (Å²) in [5, 5.41) is -0.201. The molecule has 1 aromatic carbocycles. The molecule has 0 N–H and O–H groups in total. The first-order chi connectivity index (χ1) is 7.85. The van der Waals surface area contributed by atoms with Crippen molar-refractivity contribution in [1.29, 1.82) is 0 Å². The van der Waals surface area contributed by atoms with Gasteiger partial charge in [0.05, 0.1) is 0 Å². The first-order valence-electron chi connectivity index (χ1n) is 6.15. The van der Waals surface area contributed by atoms with Crippen LogP contribution in [0.5, 0.6) is 0 Å². The maximum atomic E-state index is 11.3. The Bertz CT molecular complexity index is 431. The van der Waals surface area contributed by atoms with Crippen molar-refractivity contribution in [2.75, 3.05) is 0 Å². The molecule has 1 nitrogen and oxygen atoms in total. The van der Waals surface area contributed by atoms with E-state index in [1.807, 2.05) is 0 Å². The van der Waals surface area contributed by atoms with Crippen LogP contribution in [0.3, 0.4) is 0 Å². The van der Waals surface area contributed by atoms with E-state index in [4.69, 9.17) is 11.6 Å². The molecule has 1 fully saturated rings. The van der Waals surface area contributed by atoms with Crippen molar-refractivity contribution in [3.63, 3.8) is 0 Å². The quantitative estimate of drug-likeness (QED) is 0.731. The van der Waals surface area contributed by atoms with Crippen LogP contribution >= 0.6 is 11.6 Å². The molecule has 1 aliphatic carbocycles. The van der Waals surface area contributed by atoms with E-state index in [0.29, 0.717) is 5.92 Å². The summed E-state index contributed by atoms with van der Waals surface area (Å²) in [7, 11) is 0. The SMILES string of the molecule is CC(C)c1ccc([C@H]2[C@H](C(=O)Cl)C2(C)C)cc1. The molecule has 2 atom stereocenters. The Kier molecular flexibility index (Phi) is 3.07. The number of carbonyl (C=O) groups is 1. The topological polar surface area (TPSA) is 17.1 Å². The van der Waals surface area contributed by atoms with E-state index in [1.54, 1.807) is 0 Å². The number of carbonyl (C=O) groups excluding carboxylic acids is 1. The third-order valence-corrected chi connectivity index (χ3v) is 4.27. The monoisotopic (exact) mass is 250 g/mol. The smallest absolute Gasteiger partial charge is 0.225 e. The molecule has 1 aliphatic rings. The van der Waals surface area contributed by atoms with Gasteiger partial charge in [-0.3, -0.25) is 4.79 Å². The fourth-order valence-corrected chi connectivity index (χ4v) is 3.18. The zero-order valence-electron chi connectivity index (χ0n) is 10.8. The number of halogens is 1. The lowest BCUT2D eigenvalue weighted by Gasteiger charge is -2.07. The highest BCUT2D eigenvalue weighted by molar-refractivity contribution is 6.64. The lowest BCUT2D eigenvalue weighted by molar-refractivity contribution is -0.113. The highest BCUT2D eigenvalue weighted by Crippen LogP contribution is 2.65. The fourth-order valence-electron chi connectivity index (χ4n) is 2.77. The average Bonchev–Trinajstić information content (AvgIpc) is 2.82. The Labute approximate surface area is 108 Å². The standard InChI is InChI=1S/C15H19ClO/c1-9(2)10-5-7-11(8-6-10)12-13(14(16)17)15(12,3)4/h5-9,12-13H,1-4H3/t12-,13+/m0/s1. The van der Waals surface area contributed by atoms with Crippen molar-refractivity contribution < 1.29 is 4.79 Å². The Balaban J connectivity index is 2.23. The predicted octanol–water partition coefficient (Wildman–Crippen LogP) is 4.32. The molecule has 0 bridgehead atoms. The maximum absolute atomic E-state index is 11.3. The second kappa shape index (κ2) is 4.13. The summed E-state index contributed by atoms with van der Waals surface area (Å²) >= 11 is 5.65. The molecule has 2 rings (SSSR count). The average molecular weight is 251 g/mol. The zero-order valence-corrected chi connectivity index (χ0v) is 11.6. The Hall–Kier alpha value is -0.820. The van der Waals surface area contributed by atoms with Crippen LogP contribution in [0.15, 0.2) is 24.3 Å². The molecule has 0 unspecified atom stereocenters. The molecule has 2 heteroatoms.